The molecular weight excluding hydrogens is 228 g/mol. The van der Waals surface area contributed by atoms with Crippen LogP contribution in [-0.4, -0.2) is 22.5 Å². The number of hydrogen-bond acceptors (Lipinski definition) is 3. The predicted molar refractivity (Wildman–Crippen MR) is 67.8 cm³/mol. The molecule has 0 bridgehead atoms. The van der Waals surface area contributed by atoms with Crippen LogP contribution in [0.3, 0.4) is 0 Å². The zero-order chi connectivity index (χ0) is 10.7. The fourth-order valence-electron chi connectivity index (χ4n) is 2.07. The molecule has 1 aliphatic rings. The lowest BCUT2D eigenvalue weighted by Crippen LogP contribution is -2.25. The van der Waals surface area contributed by atoms with Crippen molar-refractivity contribution in [1.82, 2.24) is 4.98 Å². The van der Waals surface area contributed by atoms with E-state index in [-0.39, 0.29) is 0 Å². The van der Waals surface area contributed by atoms with Crippen molar-refractivity contribution in [1.29, 1.82) is 0 Å². The summed E-state index contributed by atoms with van der Waals surface area (Å²) in [7, 11) is 0. The number of hydrogen-bond donors (Lipinski definition) is 1. The Morgan fingerprint density at radius 1 is 1.53 bits per heavy atom. The van der Waals surface area contributed by atoms with E-state index in [0.717, 1.165) is 5.69 Å². The minimum Gasteiger partial charge on any atom is -0.380 e. The third-order valence-corrected chi connectivity index (χ3v) is 4.34. The van der Waals surface area contributed by atoms with Gasteiger partial charge in [-0.25, -0.2) is 0 Å². The third-order valence-electron chi connectivity index (χ3n) is 2.87. The molecule has 1 aliphatic carbocycles. The molecule has 0 aromatic carbocycles. The van der Waals surface area contributed by atoms with E-state index in [1.165, 1.54) is 19.3 Å². The van der Waals surface area contributed by atoms with Gasteiger partial charge < -0.3 is 5.32 Å². The van der Waals surface area contributed by atoms with Crippen LogP contribution in [0.4, 0.5) is 5.69 Å². The number of thioether (sulfide) groups is 1. The predicted octanol–water partition coefficient (Wildman–Crippen LogP) is 3.43. The fraction of sp³-hybridized carbons (Fsp3) is 0.545. The summed E-state index contributed by atoms with van der Waals surface area (Å²) in [5.41, 5.74) is 1.01. The Hall–Kier alpha value is -0.410. The molecule has 0 saturated heterocycles. The van der Waals surface area contributed by atoms with E-state index in [0.29, 0.717) is 16.3 Å². The van der Waals surface area contributed by atoms with Crippen LogP contribution in [0.5, 0.6) is 0 Å². The summed E-state index contributed by atoms with van der Waals surface area (Å²) in [4.78, 5) is 3.98. The van der Waals surface area contributed by atoms with Crippen LogP contribution in [0.25, 0.3) is 0 Å². The van der Waals surface area contributed by atoms with Crippen molar-refractivity contribution in [3.05, 3.63) is 23.5 Å². The van der Waals surface area contributed by atoms with Crippen LogP contribution in [0.15, 0.2) is 18.5 Å². The third kappa shape index (κ3) is 2.58. The van der Waals surface area contributed by atoms with Crippen LogP contribution in [0, 0.1) is 0 Å². The van der Waals surface area contributed by atoms with Crippen molar-refractivity contribution in [2.45, 2.75) is 30.6 Å². The molecule has 2 atom stereocenters. The maximum atomic E-state index is 6.06. The highest BCUT2D eigenvalue weighted by molar-refractivity contribution is 7.99. The van der Waals surface area contributed by atoms with Crippen molar-refractivity contribution in [3.8, 4) is 0 Å². The topological polar surface area (TPSA) is 24.9 Å². The van der Waals surface area contributed by atoms with E-state index in [4.69, 9.17) is 11.6 Å². The number of halogens is 1. The molecule has 1 N–H and O–H groups in total. The lowest BCUT2D eigenvalue weighted by molar-refractivity contribution is 0.768. The highest BCUT2D eigenvalue weighted by Crippen LogP contribution is 2.32. The van der Waals surface area contributed by atoms with E-state index >= 15 is 0 Å². The number of aromatic nitrogens is 1. The summed E-state index contributed by atoms with van der Waals surface area (Å²) in [6.07, 6.45) is 9.50. The van der Waals surface area contributed by atoms with E-state index in [1.807, 2.05) is 17.8 Å². The molecule has 1 fully saturated rings. The van der Waals surface area contributed by atoms with Crippen LogP contribution in [-0.2, 0) is 0 Å². The first kappa shape index (κ1) is 11.1. The monoisotopic (exact) mass is 242 g/mol. The molecule has 0 spiro atoms. The summed E-state index contributed by atoms with van der Waals surface area (Å²) in [6, 6.07) is 2.50. The van der Waals surface area contributed by atoms with Crippen molar-refractivity contribution in [2.75, 3.05) is 11.6 Å². The van der Waals surface area contributed by atoms with E-state index in [2.05, 4.69) is 16.6 Å². The Balaban J connectivity index is 2.05. The second kappa shape index (κ2) is 5.08. The average molecular weight is 243 g/mol. The van der Waals surface area contributed by atoms with Crippen molar-refractivity contribution in [2.24, 2.45) is 0 Å². The molecule has 0 aliphatic heterocycles. The molecule has 2 nitrogen and oxygen atoms in total. The first-order valence-electron chi connectivity index (χ1n) is 5.20. The molecule has 15 heavy (non-hydrogen) atoms. The van der Waals surface area contributed by atoms with Crippen LogP contribution < -0.4 is 5.32 Å². The van der Waals surface area contributed by atoms with Crippen molar-refractivity contribution < 1.29 is 0 Å². The van der Waals surface area contributed by atoms with Gasteiger partial charge in [-0.1, -0.05) is 18.0 Å². The first-order valence-corrected chi connectivity index (χ1v) is 6.86. The Bertz CT molecular complexity index is 332. The molecule has 2 unspecified atom stereocenters. The van der Waals surface area contributed by atoms with E-state index in [1.54, 1.807) is 12.4 Å². The van der Waals surface area contributed by atoms with Gasteiger partial charge in [-0.15, -0.1) is 0 Å². The maximum Gasteiger partial charge on any atom is 0.0820 e. The SMILES string of the molecule is CSC1CCCC1Nc1ccncc1Cl. The minimum atomic E-state index is 0.555. The van der Waals surface area contributed by atoms with Gasteiger partial charge in [-0.3, -0.25) is 4.98 Å². The van der Waals surface area contributed by atoms with Crippen LogP contribution in [0.2, 0.25) is 5.02 Å². The van der Waals surface area contributed by atoms with Gasteiger partial charge in [0.1, 0.15) is 0 Å². The molecule has 4 heteroatoms. The Labute approximate surface area is 99.8 Å². The van der Waals surface area contributed by atoms with Gasteiger partial charge in [-0.05, 0) is 25.2 Å². The number of nitrogens with zero attached hydrogens (tertiary/aromatic N) is 1. The van der Waals surface area contributed by atoms with Gasteiger partial charge in [0.15, 0.2) is 0 Å². The molecule has 1 aromatic rings. The first-order chi connectivity index (χ1) is 7.31. The number of anilines is 1. The second-order valence-corrected chi connectivity index (χ2v) is 5.30. The van der Waals surface area contributed by atoms with Gasteiger partial charge >= 0.3 is 0 Å². The summed E-state index contributed by atoms with van der Waals surface area (Å²) in [5.74, 6) is 0. The molecule has 82 valence electrons. The quantitative estimate of drug-likeness (QED) is 0.879. The van der Waals surface area contributed by atoms with Gasteiger partial charge in [0, 0.05) is 23.7 Å². The Kier molecular flexibility index (Phi) is 3.76. The number of nitrogens with one attached hydrogen (secondary N) is 1. The highest BCUT2D eigenvalue weighted by atomic mass is 35.5. The zero-order valence-corrected chi connectivity index (χ0v) is 10.3. The Morgan fingerprint density at radius 2 is 2.40 bits per heavy atom. The maximum absolute atomic E-state index is 6.06. The summed E-state index contributed by atoms with van der Waals surface area (Å²) in [5, 5.41) is 4.95. The standard InChI is InChI=1S/C11H15ClN2S/c1-15-11-4-2-3-10(11)14-9-5-6-13-7-8(9)12/h5-7,10-11H,2-4H2,1H3,(H,13,14). The normalized spacial score (nSPS) is 25.5. The van der Waals surface area contributed by atoms with Crippen LogP contribution in [0.1, 0.15) is 19.3 Å². The largest absolute Gasteiger partial charge is 0.380 e. The smallest absolute Gasteiger partial charge is 0.0820 e. The Morgan fingerprint density at radius 3 is 3.13 bits per heavy atom. The van der Waals surface area contributed by atoms with Crippen LogP contribution >= 0.6 is 23.4 Å². The second-order valence-electron chi connectivity index (χ2n) is 3.81. The van der Waals surface area contributed by atoms with Crippen molar-refractivity contribution >= 4 is 29.1 Å². The minimum absolute atomic E-state index is 0.555. The molecular formula is C11H15ClN2S. The van der Waals surface area contributed by atoms with Gasteiger partial charge in [0.05, 0.1) is 10.7 Å². The summed E-state index contributed by atoms with van der Waals surface area (Å²) >= 11 is 8.01. The van der Waals surface area contributed by atoms with Gasteiger partial charge in [0.25, 0.3) is 0 Å². The average Bonchev–Trinajstić information content (AvgIpc) is 2.69. The summed E-state index contributed by atoms with van der Waals surface area (Å²) < 4.78 is 0. The summed E-state index contributed by atoms with van der Waals surface area (Å²) in [6.45, 7) is 0. The van der Waals surface area contributed by atoms with E-state index < -0.39 is 0 Å². The van der Waals surface area contributed by atoms with Gasteiger partial charge in [-0.2, -0.15) is 11.8 Å². The molecule has 1 heterocycles. The fourth-order valence-corrected chi connectivity index (χ4v) is 3.17. The number of pyridine rings is 1. The molecule has 0 radical (unpaired) electrons. The molecule has 1 saturated carbocycles. The zero-order valence-electron chi connectivity index (χ0n) is 8.74. The lowest BCUT2D eigenvalue weighted by atomic mass is 10.2. The molecule has 0 amide bonds. The van der Waals surface area contributed by atoms with Gasteiger partial charge in [0.2, 0.25) is 0 Å². The van der Waals surface area contributed by atoms with E-state index in [9.17, 15) is 0 Å². The highest BCUT2D eigenvalue weighted by Gasteiger charge is 2.26. The lowest BCUT2D eigenvalue weighted by Gasteiger charge is -2.20. The number of rotatable bonds is 3. The molecule has 2 rings (SSSR count). The van der Waals surface area contributed by atoms with Crippen molar-refractivity contribution in [3.63, 3.8) is 0 Å². The molecule has 1 aromatic heterocycles.